The summed E-state index contributed by atoms with van der Waals surface area (Å²) in [5, 5.41) is 0. The predicted octanol–water partition coefficient (Wildman–Crippen LogP) is 3.74. The number of nitrogens with zero attached hydrogens (tertiary/aromatic N) is 1. The molecule has 144 valence electrons. The quantitative estimate of drug-likeness (QED) is 0.765. The van der Waals surface area contributed by atoms with Crippen LogP contribution in [0.3, 0.4) is 0 Å². The van der Waals surface area contributed by atoms with Crippen LogP contribution >= 0.6 is 0 Å². The molecule has 2 heterocycles. The van der Waals surface area contributed by atoms with Gasteiger partial charge in [0.2, 0.25) is 5.91 Å². The van der Waals surface area contributed by atoms with E-state index in [1.54, 1.807) is 13.2 Å². The Morgan fingerprint density at radius 2 is 1.82 bits per heavy atom. The normalized spacial score (nSPS) is 18.0. The van der Waals surface area contributed by atoms with Crippen LogP contribution in [-0.2, 0) is 4.79 Å². The van der Waals surface area contributed by atoms with E-state index in [9.17, 15) is 9.59 Å². The second-order valence-corrected chi connectivity index (χ2v) is 7.31. The fourth-order valence-electron chi connectivity index (χ4n) is 3.84. The van der Waals surface area contributed by atoms with Gasteiger partial charge in [-0.3, -0.25) is 9.59 Å². The van der Waals surface area contributed by atoms with Crippen molar-refractivity contribution in [2.75, 3.05) is 20.2 Å². The molecule has 5 nitrogen and oxygen atoms in total. The molecule has 2 aliphatic heterocycles. The lowest BCUT2D eigenvalue weighted by molar-refractivity contribution is -0.129. The number of ketones is 1. The van der Waals surface area contributed by atoms with Crippen molar-refractivity contribution in [3.8, 4) is 11.5 Å². The standard InChI is InChI=1S/C23H23NO4/c1-27-18-9-6-17(7-10-18)8-11-22(26)24-14-12-23(13-15-24)16-20(25)19-4-2-3-5-21(19)28-23/h2-11H,12-16H2,1H3/b11-8+. The SMILES string of the molecule is COc1ccc(/C=C/C(=O)N2CCC3(CC2)CC(=O)c2ccccc2O3)cc1. The molecule has 2 aliphatic rings. The summed E-state index contributed by atoms with van der Waals surface area (Å²) in [4.78, 5) is 26.9. The number of rotatable bonds is 3. The van der Waals surface area contributed by atoms with E-state index in [1.807, 2.05) is 59.5 Å². The molecule has 1 amide bonds. The Labute approximate surface area is 164 Å². The molecule has 28 heavy (non-hydrogen) atoms. The van der Waals surface area contributed by atoms with Gasteiger partial charge >= 0.3 is 0 Å². The number of hydrogen-bond acceptors (Lipinski definition) is 4. The van der Waals surface area contributed by atoms with Gasteiger partial charge in [0.25, 0.3) is 0 Å². The molecular weight excluding hydrogens is 354 g/mol. The zero-order chi connectivity index (χ0) is 19.6. The number of Topliss-reactive ketones (excluding diaryl/α,β-unsaturated/α-hetero) is 1. The highest BCUT2D eigenvalue weighted by Gasteiger charge is 2.43. The third-order valence-electron chi connectivity index (χ3n) is 5.52. The average molecular weight is 377 g/mol. The second-order valence-electron chi connectivity index (χ2n) is 7.31. The summed E-state index contributed by atoms with van der Waals surface area (Å²) in [7, 11) is 1.62. The lowest BCUT2D eigenvalue weighted by Crippen LogP contribution is -2.52. The van der Waals surface area contributed by atoms with E-state index >= 15 is 0 Å². The Kier molecular flexibility index (Phi) is 4.90. The summed E-state index contributed by atoms with van der Waals surface area (Å²) in [6, 6.07) is 15.0. The molecule has 0 saturated carbocycles. The lowest BCUT2D eigenvalue weighted by atomic mass is 9.82. The Bertz CT molecular complexity index is 908. The number of amides is 1. The van der Waals surface area contributed by atoms with E-state index in [-0.39, 0.29) is 11.7 Å². The molecule has 0 radical (unpaired) electrons. The Balaban J connectivity index is 1.38. The van der Waals surface area contributed by atoms with Crippen molar-refractivity contribution in [3.05, 3.63) is 65.7 Å². The van der Waals surface area contributed by atoms with Gasteiger partial charge in [-0.25, -0.2) is 0 Å². The van der Waals surface area contributed by atoms with E-state index < -0.39 is 5.60 Å². The molecule has 5 heteroatoms. The summed E-state index contributed by atoms with van der Waals surface area (Å²) in [6.45, 7) is 1.17. The highest BCUT2D eigenvalue weighted by Crippen LogP contribution is 2.39. The van der Waals surface area contributed by atoms with Gasteiger partial charge in [-0.2, -0.15) is 0 Å². The van der Waals surface area contributed by atoms with E-state index in [4.69, 9.17) is 9.47 Å². The monoisotopic (exact) mass is 377 g/mol. The van der Waals surface area contributed by atoms with Crippen LogP contribution in [0.15, 0.2) is 54.6 Å². The number of benzene rings is 2. The van der Waals surface area contributed by atoms with Crippen molar-refractivity contribution in [1.82, 2.24) is 4.90 Å². The van der Waals surface area contributed by atoms with Crippen LogP contribution in [0.2, 0.25) is 0 Å². The van der Waals surface area contributed by atoms with Crippen molar-refractivity contribution in [3.63, 3.8) is 0 Å². The molecule has 2 aromatic carbocycles. The topological polar surface area (TPSA) is 55.8 Å². The molecule has 1 spiro atoms. The molecule has 4 rings (SSSR count). The van der Waals surface area contributed by atoms with E-state index in [0.29, 0.717) is 43.7 Å². The van der Waals surface area contributed by atoms with Crippen molar-refractivity contribution in [2.45, 2.75) is 24.9 Å². The number of carbonyl (C=O) groups excluding carboxylic acids is 2. The molecule has 1 fully saturated rings. The maximum Gasteiger partial charge on any atom is 0.246 e. The van der Waals surface area contributed by atoms with E-state index in [1.165, 1.54) is 0 Å². The zero-order valence-electron chi connectivity index (χ0n) is 15.9. The molecule has 0 atom stereocenters. The molecular formula is C23H23NO4. The summed E-state index contributed by atoms with van der Waals surface area (Å²) in [5.41, 5.74) is 1.12. The molecule has 1 saturated heterocycles. The van der Waals surface area contributed by atoms with E-state index in [0.717, 1.165) is 11.3 Å². The smallest absolute Gasteiger partial charge is 0.246 e. The molecule has 2 aromatic rings. The molecule has 0 aliphatic carbocycles. The number of piperidine rings is 1. The highest BCUT2D eigenvalue weighted by molar-refractivity contribution is 6.00. The first-order valence-corrected chi connectivity index (χ1v) is 9.51. The number of carbonyl (C=O) groups is 2. The molecule has 0 unspecified atom stereocenters. The van der Waals surface area contributed by atoms with Gasteiger partial charge in [-0.05, 0) is 35.9 Å². The van der Waals surface area contributed by atoms with Crippen LogP contribution in [0.4, 0.5) is 0 Å². The Morgan fingerprint density at radius 3 is 2.54 bits per heavy atom. The Morgan fingerprint density at radius 1 is 1.11 bits per heavy atom. The van der Waals surface area contributed by atoms with Crippen LogP contribution in [0.5, 0.6) is 11.5 Å². The van der Waals surface area contributed by atoms with Gasteiger partial charge in [0.05, 0.1) is 19.1 Å². The first-order valence-electron chi connectivity index (χ1n) is 9.51. The van der Waals surface area contributed by atoms with Crippen molar-refractivity contribution < 1.29 is 19.1 Å². The minimum absolute atomic E-state index is 0.0202. The first-order chi connectivity index (χ1) is 13.6. The number of hydrogen-bond donors (Lipinski definition) is 0. The molecule has 0 aromatic heterocycles. The largest absolute Gasteiger partial charge is 0.497 e. The van der Waals surface area contributed by atoms with Gasteiger partial charge < -0.3 is 14.4 Å². The second kappa shape index (κ2) is 7.50. The van der Waals surface area contributed by atoms with Crippen LogP contribution in [0, 0.1) is 0 Å². The van der Waals surface area contributed by atoms with Crippen molar-refractivity contribution >= 4 is 17.8 Å². The summed E-state index contributed by atoms with van der Waals surface area (Å²) in [6.07, 6.45) is 5.11. The zero-order valence-corrected chi connectivity index (χ0v) is 15.9. The van der Waals surface area contributed by atoms with Gasteiger partial charge in [0, 0.05) is 32.0 Å². The van der Waals surface area contributed by atoms with Gasteiger partial charge in [0.1, 0.15) is 17.1 Å². The lowest BCUT2D eigenvalue weighted by Gasteiger charge is -2.43. The first kappa shape index (κ1) is 18.3. The van der Waals surface area contributed by atoms with Crippen LogP contribution in [0.1, 0.15) is 35.2 Å². The number of fused-ring (bicyclic) bond motifs is 1. The number of likely N-dealkylation sites (tertiary alicyclic amines) is 1. The molecule has 0 bridgehead atoms. The summed E-state index contributed by atoms with van der Waals surface area (Å²) < 4.78 is 11.4. The summed E-state index contributed by atoms with van der Waals surface area (Å²) >= 11 is 0. The predicted molar refractivity (Wildman–Crippen MR) is 107 cm³/mol. The minimum Gasteiger partial charge on any atom is -0.497 e. The van der Waals surface area contributed by atoms with Crippen molar-refractivity contribution in [2.24, 2.45) is 0 Å². The van der Waals surface area contributed by atoms with Gasteiger partial charge in [0.15, 0.2) is 5.78 Å². The fraction of sp³-hybridized carbons (Fsp3) is 0.304. The maximum absolute atomic E-state index is 12.5. The van der Waals surface area contributed by atoms with Gasteiger partial charge in [-0.15, -0.1) is 0 Å². The maximum atomic E-state index is 12.5. The summed E-state index contributed by atoms with van der Waals surface area (Å²) in [5.74, 6) is 1.56. The number of methoxy groups -OCH3 is 1. The third kappa shape index (κ3) is 3.65. The highest BCUT2D eigenvalue weighted by atomic mass is 16.5. The van der Waals surface area contributed by atoms with Crippen LogP contribution < -0.4 is 9.47 Å². The molecule has 0 N–H and O–H groups in total. The third-order valence-corrected chi connectivity index (χ3v) is 5.52. The van der Waals surface area contributed by atoms with Crippen LogP contribution in [0.25, 0.3) is 6.08 Å². The minimum atomic E-state index is -0.484. The van der Waals surface area contributed by atoms with Gasteiger partial charge in [-0.1, -0.05) is 24.3 Å². The number of ether oxygens (including phenoxy) is 2. The van der Waals surface area contributed by atoms with E-state index in [2.05, 4.69) is 0 Å². The number of para-hydroxylation sites is 1. The fourth-order valence-corrected chi connectivity index (χ4v) is 3.84. The average Bonchev–Trinajstić information content (AvgIpc) is 2.73. The van der Waals surface area contributed by atoms with Crippen LogP contribution in [-0.4, -0.2) is 42.4 Å². The Hall–Kier alpha value is -3.08. The van der Waals surface area contributed by atoms with Crippen molar-refractivity contribution in [1.29, 1.82) is 0 Å².